The summed E-state index contributed by atoms with van der Waals surface area (Å²) in [6, 6.07) is 22.5. The summed E-state index contributed by atoms with van der Waals surface area (Å²) >= 11 is 0. The zero-order valence-electron chi connectivity index (χ0n) is 14.4. The highest BCUT2D eigenvalue weighted by atomic mass is 16.3. The minimum absolute atomic E-state index is 0.206. The molecule has 3 aromatic carbocycles. The Hall–Kier alpha value is -3.53. The molecule has 0 unspecified atom stereocenters. The molecule has 4 heteroatoms. The average Bonchev–Trinajstić information content (AvgIpc) is 2.68. The van der Waals surface area contributed by atoms with E-state index in [9.17, 15) is 5.11 Å². The molecule has 0 aliphatic carbocycles. The SMILES string of the molecule is CC=Cc1ccc(C=Nc2ccc(/N=N/c3ccccc3)cc2)c(O)c1. The van der Waals surface area contributed by atoms with E-state index >= 15 is 0 Å². The molecule has 0 atom stereocenters. The molecule has 0 saturated heterocycles. The highest BCUT2D eigenvalue weighted by Crippen LogP contribution is 2.23. The van der Waals surface area contributed by atoms with E-state index in [-0.39, 0.29) is 5.75 Å². The summed E-state index contributed by atoms with van der Waals surface area (Å²) in [6.45, 7) is 1.94. The molecule has 4 nitrogen and oxygen atoms in total. The summed E-state index contributed by atoms with van der Waals surface area (Å²) in [5, 5.41) is 18.5. The molecule has 0 saturated carbocycles. The Balaban J connectivity index is 1.69. The first-order valence-corrected chi connectivity index (χ1v) is 8.31. The Bertz CT molecular complexity index is 943. The van der Waals surface area contributed by atoms with E-state index in [0.29, 0.717) is 5.56 Å². The van der Waals surface area contributed by atoms with Crippen LogP contribution in [0.1, 0.15) is 18.1 Å². The van der Waals surface area contributed by atoms with E-state index in [1.165, 1.54) is 0 Å². The Labute approximate surface area is 152 Å². The molecule has 0 fully saturated rings. The van der Waals surface area contributed by atoms with Gasteiger partial charge in [-0.3, -0.25) is 4.99 Å². The highest BCUT2D eigenvalue weighted by Gasteiger charge is 1.99. The van der Waals surface area contributed by atoms with Gasteiger partial charge < -0.3 is 5.11 Å². The van der Waals surface area contributed by atoms with Crippen molar-refractivity contribution in [1.82, 2.24) is 0 Å². The fourth-order valence-electron chi connectivity index (χ4n) is 2.33. The van der Waals surface area contributed by atoms with Crippen molar-refractivity contribution in [3.63, 3.8) is 0 Å². The van der Waals surface area contributed by atoms with Crippen molar-refractivity contribution < 1.29 is 5.11 Å². The monoisotopic (exact) mass is 341 g/mol. The summed E-state index contributed by atoms with van der Waals surface area (Å²) < 4.78 is 0. The molecule has 26 heavy (non-hydrogen) atoms. The van der Waals surface area contributed by atoms with Crippen LogP contribution >= 0.6 is 0 Å². The molecular weight excluding hydrogens is 322 g/mol. The molecule has 3 aromatic rings. The van der Waals surface area contributed by atoms with Gasteiger partial charge in [0.25, 0.3) is 0 Å². The lowest BCUT2D eigenvalue weighted by atomic mass is 10.1. The minimum Gasteiger partial charge on any atom is -0.507 e. The van der Waals surface area contributed by atoms with Gasteiger partial charge in [-0.15, -0.1) is 0 Å². The third-order valence-corrected chi connectivity index (χ3v) is 3.65. The van der Waals surface area contributed by atoms with Gasteiger partial charge in [0, 0.05) is 11.8 Å². The molecule has 0 aliphatic heterocycles. The lowest BCUT2D eigenvalue weighted by molar-refractivity contribution is 0.474. The summed E-state index contributed by atoms with van der Waals surface area (Å²) in [5.41, 5.74) is 3.97. The van der Waals surface area contributed by atoms with Gasteiger partial charge in [0.2, 0.25) is 0 Å². The molecule has 0 aliphatic rings. The largest absolute Gasteiger partial charge is 0.507 e. The predicted molar refractivity (Wildman–Crippen MR) is 107 cm³/mol. The van der Waals surface area contributed by atoms with Gasteiger partial charge in [-0.2, -0.15) is 10.2 Å². The van der Waals surface area contributed by atoms with Gasteiger partial charge in [-0.05, 0) is 61.0 Å². The smallest absolute Gasteiger partial charge is 0.124 e. The van der Waals surface area contributed by atoms with Gasteiger partial charge in [0.05, 0.1) is 17.1 Å². The summed E-state index contributed by atoms with van der Waals surface area (Å²) in [4.78, 5) is 4.40. The number of rotatable bonds is 5. The van der Waals surface area contributed by atoms with Crippen molar-refractivity contribution >= 4 is 29.4 Å². The predicted octanol–water partition coefficient (Wildman–Crippen LogP) is 6.59. The summed E-state index contributed by atoms with van der Waals surface area (Å²) in [6.07, 6.45) is 5.51. The lowest BCUT2D eigenvalue weighted by Gasteiger charge is -2.01. The third-order valence-electron chi connectivity index (χ3n) is 3.65. The fraction of sp³-hybridized carbons (Fsp3) is 0.0455. The summed E-state index contributed by atoms with van der Waals surface area (Å²) in [7, 11) is 0. The maximum atomic E-state index is 10.1. The zero-order valence-corrected chi connectivity index (χ0v) is 14.4. The van der Waals surface area contributed by atoms with Crippen LogP contribution in [-0.4, -0.2) is 11.3 Å². The number of phenolic OH excluding ortho intramolecular Hbond substituents is 1. The number of allylic oxidation sites excluding steroid dienone is 1. The molecule has 0 bridgehead atoms. The number of nitrogens with zero attached hydrogens (tertiary/aromatic N) is 3. The molecule has 0 spiro atoms. The number of phenols is 1. The number of aliphatic imine (C=N–C) groups is 1. The van der Waals surface area contributed by atoms with E-state index in [1.54, 1.807) is 12.3 Å². The zero-order chi connectivity index (χ0) is 18.2. The van der Waals surface area contributed by atoms with Crippen molar-refractivity contribution in [2.75, 3.05) is 0 Å². The van der Waals surface area contributed by atoms with E-state index in [4.69, 9.17) is 0 Å². The topological polar surface area (TPSA) is 57.3 Å². The second-order valence-electron chi connectivity index (χ2n) is 5.63. The van der Waals surface area contributed by atoms with Gasteiger partial charge in [-0.1, -0.05) is 36.4 Å². The number of azo groups is 1. The first-order chi connectivity index (χ1) is 12.7. The number of hydrogen-bond acceptors (Lipinski definition) is 4. The fourth-order valence-corrected chi connectivity index (χ4v) is 2.33. The molecule has 128 valence electrons. The lowest BCUT2D eigenvalue weighted by Crippen LogP contribution is -1.83. The molecular formula is C22H19N3O. The third kappa shape index (κ3) is 4.74. The van der Waals surface area contributed by atoms with Gasteiger partial charge in [0.1, 0.15) is 5.75 Å². The maximum absolute atomic E-state index is 10.1. The van der Waals surface area contributed by atoms with E-state index in [1.807, 2.05) is 85.8 Å². The standard InChI is InChI=1S/C22H19N3O/c1-2-6-17-9-10-18(22(26)15-17)16-23-19-11-13-21(14-12-19)25-24-20-7-4-3-5-8-20/h2-16,26H,1H3/b6-2?,23-16?,25-24+. The van der Waals surface area contributed by atoms with Crippen LogP contribution < -0.4 is 0 Å². The number of benzene rings is 3. The highest BCUT2D eigenvalue weighted by molar-refractivity contribution is 5.86. The van der Waals surface area contributed by atoms with Crippen LogP contribution in [0.3, 0.4) is 0 Å². The Morgan fingerprint density at radius 3 is 2.08 bits per heavy atom. The Morgan fingerprint density at radius 2 is 1.42 bits per heavy atom. The van der Waals surface area contributed by atoms with Crippen molar-refractivity contribution in [3.05, 3.63) is 90.0 Å². The normalized spacial score (nSPS) is 11.7. The van der Waals surface area contributed by atoms with Crippen LogP contribution in [0.15, 0.2) is 94.1 Å². The van der Waals surface area contributed by atoms with Crippen LogP contribution in [0.5, 0.6) is 5.75 Å². The van der Waals surface area contributed by atoms with Crippen LogP contribution in [-0.2, 0) is 0 Å². The van der Waals surface area contributed by atoms with Gasteiger partial charge >= 0.3 is 0 Å². The van der Waals surface area contributed by atoms with Crippen molar-refractivity contribution in [2.45, 2.75) is 6.92 Å². The maximum Gasteiger partial charge on any atom is 0.124 e. The van der Waals surface area contributed by atoms with Crippen molar-refractivity contribution in [2.24, 2.45) is 15.2 Å². The van der Waals surface area contributed by atoms with Gasteiger partial charge in [-0.25, -0.2) is 0 Å². The molecule has 3 rings (SSSR count). The van der Waals surface area contributed by atoms with Crippen molar-refractivity contribution in [3.8, 4) is 5.75 Å². The van der Waals surface area contributed by atoms with E-state index < -0.39 is 0 Å². The molecule has 0 radical (unpaired) electrons. The van der Waals surface area contributed by atoms with Crippen LogP contribution in [0.2, 0.25) is 0 Å². The van der Waals surface area contributed by atoms with Gasteiger partial charge in [0.15, 0.2) is 0 Å². The van der Waals surface area contributed by atoms with Crippen LogP contribution in [0, 0.1) is 0 Å². The minimum atomic E-state index is 0.206. The van der Waals surface area contributed by atoms with Crippen LogP contribution in [0.4, 0.5) is 17.1 Å². The Kier molecular flexibility index (Phi) is 5.68. The first kappa shape index (κ1) is 17.3. The molecule has 1 N–H and O–H groups in total. The molecule has 0 aromatic heterocycles. The second kappa shape index (κ2) is 8.53. The second-order valence-corrected chi connectivity index (χ2v) is 5.63. The summed E-state index contributed by atoms with van der Waals surface area (Å²) in [5.74, 6) is 0.206. The molecule has 0 heterocycles. The number of hydrogen-bond donors (Lipinski definition) is 1. The average molecular weight is 341 g/mol. The number of aromatic hydroxyl groups is 1. The first-order valence-electron chi connectivity index (χ1n) is 8.31. The molecule has 0 amide bonds. The quantitative estimate of drug-likeness (QED) is 0.413. The Morgan fingerprint density at radius 1 is 0.769 bits per heavy atom. The van der Waals surface area contributed by atoms with Crippen LogP contribution in [0.25, 0.3) is 6.08 Å². The van der Waals surface area contributed by atoms with E-state index in [2.05, 4.69) is 15.2 Å². The van der Waals surface area contributed by atoms with Crippen molar-refractivity contribution in [1.29, 1.82) is 0 Å². The van der Waals surface area contributed by atoms with E-state index in [0.717, 1.165) is 22.6 Å².